The van der Waals surface area contributed by atoms with Gasteiger partial charge in [-0.3, -0.25) is 9.59 Å². The molecule has 3 rings (SSSR count). The van der Waals surface area contributed by atoms with E-state index in [1.807, 2.05) is 0 Å². The lowest BCUT2D eigenvalue weighted by Crippen LogP contribution is -2.40. The third-order valence-electron chi connectivity index (χ3n) is 5.72. The molecule has 2 bridgehead atoms. The van der Waals surface area contributed by atoms with E-state index in [-0.39, 0.29) is 17.9 Å². The first-order chi connectivity index (χ1) is 9.61. The molecule has 0 aromatic carbocycles. The summed E-state index contributed by atoms with van der Waals surface area (Å²) in [6.45, 7) is 0. The zero-order valence-corrected chi connectivity index (χ0v) is 12.0. The van der Waals surface area contributed by atoms with Crippen LogP contribution in [0.4, 0.5) is 0 Å². The Hall–Kier alpha value is -1.06. The van der Waals surface area contributed by atoms with Crippen LogP contribution in [0.5, 0.6) is 0 Å². The van der Waals surface area contributed by atoms with Crippen molar-refractivity contribution in [2.75, 3.05) is 0 Å². The molecule has 5 unspecified atom stereocenters. The molecule has 2 N–H and O–H groups in total. The molecule has 3 aliphatic rings. The number of fused-ring (bicyclic) bond motifs is 2. The van der Waals surface area contributed by atoms with E-state index in [2.05, 4.69) is 5.32 Å². The predicted molar refractivity (Wildman–Crippen MR) is 75.1 cm³/mol. The van der Waals surface area contributed by atoms with E-state index in [9.17, 15) is 9.59 Å². The number of hydrogen-bond donors (Lipinski definition) is 2. The molecule has 0 aromatic rings. The summed E-state index contributed by atoms with van der Waals surface area (Å²) in [4.78, 5) is 23.2. The number of rotatable bonds is 4. The molecule has 1 amide bonds. The number of nitrogens with one attached hydrogen (secondary N) is 1. The second-order valence-electron chi connectivity index (χ2n) is 7.11. The number of amides is 1. The minimum atomic E-state index is -0.711. The maximum atomic E-state index is 12.2. The summed E-state index contributed by atoms with van der Waals surface area (Å²) >= 11 is 0. The van der Waals surface area contributed by atoms with Gasteiger partial charge in [0.1, 0.15) is 0 Å². The Bertz CT molecular complexity index is 395. The van der Waals surface area contributed by atoms with Crippen molar-refractivity contribution >= 4 is 11.9 Å². The van der Waals surface area contributed by atoms with Gasteiger partial charge in [-0.2, -0.15) is 0 Å². The van der Waals surface area contributed by atoms with E-state index in [1.54, 1.807) is 0 Å². The van der Waals surface area contributed by atoms with Gasteiger partial charge in [0.05, 0.1) is 5.92 Å². The average Bonchev–Trinajstić information content (AvgIpc) is 3.01. The first-order valence-electron chi connectivity index (χ1n) is 8.14. The van der Waals surface area contributed by atoms with Crippen molar-refractivity contribution in [2.24, 2.45) is 23.7 Å². The van der Waals surface area contributed by atoms with Crippen molar-refractivity contribution < 1.29 is 14.7 Å². The van der Waals surface area contributed by atoms with E-state index < -0.39 is 5.97 Å². The van der Waals surface area contributed by atoms with Gasteiger partial charge in [-0.1, -0.05) is 12.8 Å². The Balaban J connectivity index is 1.45. The molecule has 0 aromatic heterocycles. The lowest BCUT2D eigenvalue weighted by atomic mass is 9.84. The highest BCUT2D eigenvalue weighted by Gasteiger charge is 2.40. The molecular formula is C16H25NO3. The molecule has 0 heterocycles. The van der Waals surface area contributed by atoms with Gasteiger partial charge in [-0.05, 0) is 56.3 Å². The number of hydrogen-bond acceptors (Lipinski definition) is 2. The highest BCUT2D eigenvalue weighted by molar-refractivity contribution is 5.77. The molecule has 0 saturated heterocycles. The maximum Gasteiger partial charge on any atom is 0.306 e. The number of carbonyl (C=O) groups is 2. The molecule has 0 spiro atoms. The van der Waals surface area contributed by atoms with Gasteiger partial charge in [0.2, 0.25) is 5.91 Å². The predicted octanol–water partition coefficient (Wildman–Crippen LogP) is 2.57. The van der Waals surface area contributed by atoms with Gasteiger partial charge in [-0.15, -0.1) is 0 Å². The lowest BCUT2D eigenvalue weighted by molar-refractivity contribution is -0.143. The average molecular weight is 279 g/mol. The van der Waals surface area contributed by atoms with Crippen LogP contribution in [0.1, 0.15) is 57.8 Å². The lowest BCUT2D eigenvalue weighted by Gasteiger charge is -2.28. The summed E-state index contributed by atoms with van der Waals surface area (Å²) in [5, 5.41) is 12.2. The minimum Gasteiger partial charge on any atom is -0.481 e. The Kier molecular flexibility index (Phi) is 3.99. The zero-order chi connectivity index (χ0) is 14.1. The van der Waals surface area contributed by atoms with Crippen LogP contribution in [-0.4, -0.2) is 23.0 Å². The molecule has 112 valence electrons. The molecule has 3 fully saturated rings. The molecule has 3 aliphatic carbocycles. The van der Waals surface area contributed by atoms with Crippen molar-refractivity contribution in [3.05, 3.63) is 0 Å². The molecule has 3 saturated carbocycles. The Morgan fingerprint density at radius 2 is 1.90 bits per heavy atom. The van der Waals surface area contributed by atoms with Crippen molar-refractivity contribution in [2.45, 2.75) is 63.8 Å². The fourth-order valence-corrected chi connectivity index (χ4v) is 4.70. The summed E-state index contributed by atoms with van der Waals surface area (Å²) in [5.74, 6) is 1.42. The molecule has 4 heteroatoms. The van der Waals surface area contributed by atoms with Crippen LogP contribution in [0.3, 0.4) is 0 Å². The standard InChI is InChI=1S/C16H25NO3/c18-15(9-13-7-10-4-5-11(13)6-10)17-14-3-1-2-12(8-14)16(19)20/h10-14H,1-9H2,(H,17,18)(H,19,20). The molecule has 5 atom stereocenters. The molecule has 4 nitrogen and oxygen atoms in total. The maximum absolute atomic E-state index is 12.2. The highest BCUT2D eigenvalue weighted by atomic mass is 16.4. The largest absolute Gasteiger partial charge is 0.481 e. The topological polar surface area (TPSA) is 66.4 Å². The first kappa shape index (κ1) is 13.9. The Morgan fingerprint density at radius 1 is 1.05 bits per heavy atom. The van der Waals surface area contributed by atoms with Crippen molar-refractivity contribution in [3.8, 4) is 0 Å². The summed E-state index contributed by atoms with van der Waals surface area (Å²) in [5.41, 5.74) is 0. The SMILES string of the molecule is O=C(CC1CC2CCC1C2)NC1CCCC(C(=O)O)C1. The monoisotopic (exact) mass is 279 g/mol. The summed E-state index contributed by atoms with van der Waals surface area (Å²) in [7, 11) is 0. The third-order valence-corrected chi connectivity index (χ3v) is 5.72. The van der Waals surface area contributed by atoms with Crippen LogP contribution in [0, 0.1) is 23.7 Å². The van der Waals surface area contributed by atoms with Gasteiger partial charge in [-0.25, -0.2) is 0 Å². The number of carboxylic acid groups (broad SMARTS) is 1. The Morgan fingerprint density at radius 3 is 2.55 bits per heavy atom. The van der Waals surface area contributed by atoms with Crippen LogP contribution >= 0.6 is 0 Å². The van der Waals surface area contributed by atoms with Gasteiger partial charge >= 0.3 is 5.97 Å². The van der Waals surface area contributed by atoms with Gasteiger partial charge in [0.25, 0.3) is 0 Å². The Labute approximate surface area is 120 Å². The number of carbonyl (C=O) groups excluding carboxylic acids is 1. The molecular weight excluding hydrogens is 254 g/mol. The third kappa shape index (κ3) is 2.99. The zero-order valence-electron chi connectivity index (χ0n) is 12.0. The van der Waals surface area contributed by atoms with Crippen LogP contribution in [0.2, 0.25) is 0 Å². The first-order valence-corrected chi connectivity index (χ1v) is 8.14. The van der Waals surface area contributed by atoms with Crippen molar-refractivity contribution in [1.29, 1.82) is 0 Å². The van der Waals surface area contributed by atoms with Crippen LogP contribution in [0.25, 0.3) is 0 Å². The highest BCUT2D eigenvalue weighted by Crippen LogP contribution is 2.49. The van der Waals surface area contributed by atoms with Gasteiger partial charge in [0, 0.05) is 12.5 Å². The molecule has 0 radical (unpaired) electrons. The van der Waals surface area contributed by atoms with Gasteiger partial charge in [0.15, 0.2) is 0 Å². The van der Waals surface area contributed by atoms with Crippen LogP contribution < -0.4 is 5.32 Å². The smallest absolute Gasteiger partial charge is 0.306 e. The van der Waals surface area contributed by atoms with E-state index >= 15 is 0 Å². The quantitative estimate of drug-likeness (QED) is 0.831. The van der Waals surface area contributed by atoms with Crippen LogP contribution in [0.15, 0.2) is 0 Å². The van der Waals surface area contributed by atoms with E-state index in [4.69, 9.17) is 5.11 Å². The van der Waals surface area contributed by atoms with Gasteiger partial charge < -0.3 is 10.4 Å². The number of aliphatic carboxylic acids is 1. The van der Waals surface area contributed by atoms with Crippen molar-refractivity contribution in [3.63, 3.8) is 0 Å². The summed E-state index contributed by atoms with van der Waals surface area (Å²) in [6, 6.07) is 0.0796. The molecule has 20 heavy (non-hydrogen) atoms. The minimum absolute atomic E-state index is 0.0796. The fourth-order valence-electron chi connectivity index (χ4n) is 4.70. The normalized spacial score (nSPS) is 39.7. The van der Waals surface area contributed by atoms with E-state index in [0.29, 0.717) is 18.8 Å². The second kappa shape index (κ2) is 5.74. The number of carboxylic acids is 1. The molecule has 0 aliphatic heterocycles. The fraction of sp³-hybridized carbons (Fsp3) is 0.875. The van der Waals surface area contributed by atoms with E-state index in [0.717, 1.165) is 31.1 Å². The van der Waals surface area contributed by atoms with Crippen LogP contribution in [-0.2, 0) is 9.59 Å². The van der Waals surface area contributed by atoms with E-state index in [1.165, 1.54) is 25.7 Å². The summed E-state index contributed by atoms with van der Waals surface area (Å²) in [6.07, 6.45) is 9.13. The van der Waals surface area contributed by atoms with Crippen molar-refractivity contribution in [1.82, 2.24) is 5.32 Å². The second-order valence-corrected chi connectivity index (χ2v) is 7.11. The summed E-state index contributed by atoms with van der Waals surface area (Å²) < 4.78 is 0.